The average molecular weight is 409 g/mol. The van der Waals surface area contributed by atoms with Gasteiger partial charge in [-0.1, -0.05) is 13.0 Å². The Bertz CT molecular complexity index is 1020. The van der Waals surface area contributed by atoms with Crippen LogP contribution in [0.3, 0.4) is 0 Å². The van der Waals surface area contributed by atoms with Crippen molar-refractivity contribution in [1.82, 2.24) is 19.1 Å². The molecule has 6 nitrogen and oxygen atoms in total. The molecule has 0 bridgehead atoms. The van der Waals surface area contributed by atoms with E-state index in [-0.39, 0.29) is 12.2 Å². The summed E-state index contributed by atoms with van der Waals surface area (Å²) < 4.78 is 43.6. The normalized spacial score (nSPS) is 11.6. The van der Waals surface area contributed by atoms with Gasteiger partial charge in [0.15, 0.2) is 5.82 Å². The number of alkyl halides is 3. The van der Waals surface area contributed by atoms with Crippen LogP contribution in [0.25, 0.3) is 0 Å². The fourth-order valence-electron chi connectivity index (χ4n) is 2.73. The van der Waals surface area contributed by atoms with Crippen LogP contribution in [0.5, 0.6) is 0 Å². The monoisotopic (exact) mass is 409 g/mol. The number of anilines is 1. The minimum atomic E-state index is -4.48. The van der Waals surface area contributed by atoms with E-state index in [9.17, 15) is 18.0 Å². The highest BCUT2D eigenvalue weighted by molar-refractivity contribution is 7.71. The molecule has 2 aromatic heterocycles. The van der Waals surface area contributed by atoms with E-state index >= 15 is 0 Å². The van der Waals surface area contributed by atoms with Crippen LogP contribution in [0, 0.1) is 4.77 Å². The van der Waals surface area contributed by atoms with Crippen LogP contribution in [0.1, 0.15) is 24.7 Å². The predicted octanol–water partition coefficient (Wildman–Crippen LogP) is 4.14. The third-order valence-electron chi connectivity index (χ3n) is 3.94. The maximum atomic E-state index is 12.8. The maximum absolute atomic E-state index is 12.8. The second kappa shape index (κ2) is 8.01. The molecular weight excluding hydrogens is 391 g/mol. The fourth-order valence-corrected chi connectivity index (χ4v) is 3.03. The summed E-state index contributed by atoms with van der Waals surface area (Å²) in [5.41, 5.74) is -0.769. The molecule has 2 heterocycles. The van der Waals surface area contributed by atoms with Gasteiger partial charge in [0, 0.05) is 24.5 Å². The van der Waals surface area contributed by atoms with Crippen molar-refractivity contribution in [3.63, 3.8) is 0 Å². The number of nitrogens with one attached hydrogen (secondary N) is 1. The molecule has 3 rings (SSSR count). The van der Waals surface area contributed by atoms with Gasteiger partial charge >= 0.3 is 6.18 Å². The second-order valence-electron chi connectivity index (χ2n) is 6.11. The summed E-state index contributed by atoms with van der Waals surface area (Å²) in [6.07, 6.45) is 0.634. The Hall–Kier alpha value is -2.88. The standard InChI is InChI=1S/C18H18F3N5OS/c1-2-6-15-23-25(17(28)26(15)24-9-3-4-10-24)12-16(27)22-14-8-5-7-13(11-14)18(19,20)21/h3-5,7-11H,2,6,12H2,1H3,(H,22,27). The molecule has 3 aromatic rings. The maximum Gasteiger partial charge on any atom is 0.416 e. The summed E-state index contributed by atoms with van der Waals surface area (Å²) in [5.74, 6) is 0.172. The Morgan fingerprint density at radius 1 is 1.21 bits per heavy atom. The number of amides is 1. The summed E-state index contributed by atoms with van der Waals surface area (Å²) in [6.45, 7) is 1.79. The summed E-state index contributed by atoms with van der Waals surface area (Å²) >= 11 is 5.44. The van der Waals surface area contributed by atoms with Crippen molar-refractivity contribution in [3.05, 3.63) is 65.0 Å². The number of hydrogen-bond donors (Lipinski definition) is 1. The number of hydrogen-bond acceptors (Lipinski definition) is 3. The third-order valence-corrected chi connectivity index (χ3v) is 4.33. The lowest BCUT2D eigenvalue weighted by Crippen LogP contribution is -2.20. The molecule has 0 aliphatic heterocycles. The Labute approximate surface area is 164 Å². The molecule has 1 aromatic carbocycles. The molecule has 0 atom stereocenters. The van der Waals surface area contributed by atoms with Crippen LogP contribution in [0.2, 0.25) is 0 Å². The lowest BCUT2D eigenvalue weighted by Gasteiger charge is -2.10. The molecule has 1 N–H and O–H groups in total. The van der Waals surface area contributed by atoms with Gasteiger partial charge in [-0.05, 0) is 49.0 Å². The molecule has 0 spiro atoms. The van der Waals surface area contributed by atoms with Crippen molar-refractivity contribution in [3.8, 4) is 0 Å². The van der Waals surface area contributed by atoms with Crippen LogP contribution < -0.4 is 5.32 Å². The van der Waals surface area contributed by atoms with Gasteiger partial charge in [0.1, 0.15) is 6.54 Å². The van der Waals surface area contributed by atoms with Crippen LogP contribution in [0.15, 0.2) is 48.8 Å². The third kappa shape index (κ3) is 4.33. The highest BCUT2D eigenvalue weighted by atomic mass is 32.1. The van der Waals surface area contributed by atoms with Gasteiger partial charge in [-0.2, -0.15) is 18.3 Å². The smallest absolute Gasteiger partial charge is 0.324 e. The van der Waals surface area contributed by atoms with E-state index < -0.39 is 17.6 Å². The topological polar surface area (TPSA) is 56.8 Å². The molecular formula is C18H18F3N5OS. The molecule has 0 fully saturated rings. The van der Waals surface area contributed by atoms with Crippen LogP contribution in [-0.2, 0) is 23.9 Å². The molecule has 0 aliphatic carbocycles. The number of benzene rings is 1. The highest BCUT2D eigenvalue weighted by Crippen LogP contribution is 2.30. The molecule has 0 unspecified atom stereocenters. The fraction of sp³-hybridized carbons (Fsp3) is 0.278. The zero-order valence-electron chi connectivity index (χ0n) is 15.0. The van der Waals surface area contributed by atoms with E-state index in [0.717, 1.165) is 18.6 Å². The largest absolute Gasteiger partial charge is 0.416 e. The van der Waals surface area contributed by atoms with Gasteiger partial charge < -0.3 is 5.32 Å². The first-order chi connectivity index (χ1) is 13.3. The minimum absolute atomic E-state index is 0.0602. The summed E-state index contributed by atoms with van der Waals surface area (Å²) in [4.78, 5) is 12.3. The average Bonchev–Trinajstić information content (AvgIpc) is 3.23. The molecule has 0 aliphatic rings. The van der Waals surface area contributed by atoms with E-state index in [0.29, 0.717) is 17.0 Å². The first-order valence-corrected chi connectivity index (χ1v) is 9.00. The molecule has 1 amide bonds. The molecule has 0 radical (unpaired) electrons. The number of carbonyl (C=O) groups excluding carboxylic acids is 1. The summed E-state index contributed by atoms with van der Waals surface area (Å²) in [7, 11) is 0. The Kier molecular flexibility index (Phi) is 5.68. The number of nitrogens with zero attached hydrogens (tertiary/aromatic N) is 4. The van der Waals surface area contributed by atoms with Crippen molar-refractivity contribution in [2.24, 2.45) is 0 Å². The minimum Gasteiger partial charge on any atom is -0.324 e. The van der Waals surface area contributed by atoms with Crippen LogP contribution >= 0.6 is 12.2 Å². The summed E-state index contributed by atoms with van der Waals surface area (Å²) in [6, 6.07) is 8.15. The Morgan fingerprint density at radius 3 is 2.57 bits per heavy atom. The van der Waals surface area contributed by atoms with Crippen molar-refractivity contribution in [2.45, 2.75) is 32.5 Å². The summed E-state index contributed by atoms with van der Waals surface area (Å²) in [5, 5.41) is 6.87. The zero-order chi connectivity index (χ0) is 20.3. The van der Waals surface area contributed by atoms with Gasteiger partial charge in [-0.3, -0.25) is 9.47 Å². The van der Waals surface area contributed by atoms with Gasteiger partial charge in [0.05, 0.1) is 5.56 Å². The number of aromatic nitrogens is 4. The molecule has 0 saturated heterocycles. The SMILES string of the molecule is CCCc1nn(CC(=O)Nc2cccc(C(F)(F)F)c2)c(=S)n1-n1cccc1. The number of rotatable bonds is 6. The second-order valence-corrected chi connectivity index (χ2v) is 6.47. The Morgan fingerprint density at radius 2 is 1.93 bits per heavy atom. The van der Waals surface area contributed by atoms with E-state index in [1.807, 2.05) is 31.5 Å². The van der Waals surface area contributed by atoms with E-state index in [1.165, 1.54) is 16.8 Å². The first kappa shape index (κ1) is 19.9. The molecule has 0 saturated carbocycles. The van der Waals surface area contributed by atoms with Crippen molar-refractivity contribution in [2.75, 3.05) is 5.32 Å². The quantitative estimate of drug-likeness (QED) is 0.623. The van der Waals surface area contributed by atoms with Crippen LogP contribution in [0.4, 0.5) is 18.9 Å². The Balaban J connectivity index is 1.81. The molecule has 148 valence electrons. The first-order valence-electron chi connectivity index (χ1n) is 8.59. The van der Waals surface area contributed by atoms with Gasteiger partial charge in [-0.25, -0.2) is 9.36 Å². The lowest BCUT2D eigenvalue weighted by molar-refractivity contribution is -0.137. The van der Waals surface area contributed by atoms with Gasteiger partial charge in [0.2, 0.25) is 10.7 Å². The van der Waals surface area contributed by atoms with E-state index in [1.54, 1.807) is 9.35 Å². The highest BCUT2D eigenvalue weighted by Gasteiger charge is 2.30. The van der Waals surface area contributed by atoms with Gasteiger partial charge in [-0.15, -0.1) is 0 Å². The molecule has 10 heteroatoms. The number of aryl methyl sites for hydroxylation is 1. The van der Waals surface area contributed by atoms with Crippen LogP contribution in [-0.4, -0.2) is 25.0 Å². The predicted molar refractivity (Wildman–Crippen MR) is 100 cm³/mol. The van der Waals surface area contributed by atoms with Crippen molar-refractivity contribution >= 4 is 23.8 Å². The zero-order valence-corrected chi connectivity index (χ0v) is 15.8. The van der Waals surface area contributed by atoms with Crippen molar-refractivity contribution in [1.29, 1.82) is 0 Å². The lowest BCUT2D eigenvalue weighted by atomic mass is 10.2. The number of carbonyl (C=O) groups is 1. The number of halogens is 3. The van der Waals surface area contributed by atoms with E-state index in [4.69, 9.17) is 12.2 Å². The van der Waals surface area contributed by atoms with Gasteiger partial charge in [0.25, 0.3) is 0 Å². The molecule has 28 heavy (non-hydrogen) atoms. The van der Waals surface area contributed by atoms with E-state index in [2.05, 4.69) is 10.4 Å². The van der Waals surface area contributed by atoms with Crippen molar-refractivity contribution < 1.29 is 18.0 Å².